The van der Waals surface area contributed by atoms with E-state index in [1.807, 2.05) is 6.92 Å². The predicted octanol–water partition coefficient (Wildman–Crippen LogP) is 2.96. The number of benzene rings is 2. The summed E-state index contributed by atoms with van der Waals surface area (Å²) < 4.78 is 50.7. The number of hydrogen-bond donors (Lipinski definition) is 1. The molecule has 0 fully saturated rings. The van der Waals surface area contributed by atoms with Crippen molar-refractivity contribution in [1.82, 2.24) is 0 Å². The highest BCUT2D eigenvalue weighted by atomic mass is 79.9. The molecule has 0 radical (unpaired) electrons. The van der Waals surface area contributed by atoms with Crippen LogP contribution in [0.3, 0.4) is 0 Å². The molecular weight excluding hydrogens is 390 g/mol. The molecule has 0 aliphatic rings. The van der Waals surface area contributed by atoms with Crippen molar-refractivity contribution < 1.29 is 16.8 Å². The number of sulfone groups is 1. The quantitative estimate of drug-likeness (QED) is 0.850. The highest BCUT2D eigenvalue weighted by Gasteiger charge is 2.18. The molecule has 2 rings (SSSR count). The highest BCUT2D eigenvalue weighted by molar-refractivity contribution is 9.10. The maximum absolute atomic E-state index is 12.4. The van der Waals surface area contributed by atoms with Gasteiger partial charge in [-0.1, -0.05) is 12.1 Å². The molecule has 0 unspecified atom stereocenters. The molecule has 8 heteroatoms. The minimum absolute atomic E-state index is 0.0515. The van der Waals surface area contributed by atoms with Gasteiger partial charge in [0, 0.05) is 10.7 Å². The summed E-state index contributed by atoms with van der Waals surface area (Å²) in [6.07, 6.45) is 1.07. The fourth-order valence-electron chi connectivity index (χ4n) is 1.82. The molecule has 2 aromatic carbocycles. The van der Waals surface area contributed by atoms with Crippen LogP contribution in [0.15, 0.2) is 56.7 Å². The van der Waals surface area contributed by atoms with Crippen molar-refractivity contribution in [3.63, 3.8) is 0 Å². The Bertz CT molecular complexity index is 922. The summed E-state index contributed by atoms with van der Waals surface area (Å²) in [5, 5.41) is 0. The first-order valence-electron chi connectivity index (χ1n) is 6.19. The Morgan fingerprint density at radius 1 is 1.00 bits per heavy atom. The molecule has 118 valence electrons. The van der Waals surface area contributed by atoms with Crippen molar-refractivity contribution in [3.05, 3.63) is 52.5 Å². The number of anilines is 1. The van der Waals surface area contributed by atoms with E-state index in [1.54, 1.807) is 12.1 Å². The van der Waals surface area contributed by atoms with Crippen molar-refractivity contribution in [2.24, 2.45) is 0 Å². The second-order valence-corrected chi connectivity index (χ2v) is 9.36. The lowest BCUT2D eigenvalue weighted by Crippen LogP contribution is -2.14. The second-order valence-electron chi connectivity index (χ2n) is 4.84. The van der Waals surface area contributed by atoms with Crippen molar-refractivity contribution in [2.45, 2.75) is 16.7 Å². The molecule has 22 heavy (non-hydrogen) atoms. The zero-order valence-electron chi connectivity index (χ0n) is 11.9. The van der Waals surface area contributed by atoms with E-state index < -0.39 is 19.9 Å². The van der Waals surface area contributed by atoms with Gasteiger partial charge in [0.2, 0.25) is 0 Å². The third-order valence-electron chi connectivity index (χ3n) is 2.89. The molecule has 2 aromatic rings. The van der Waals surface area contributed by atoms with E-state index in [1.165, 1.54) is 30.3 Å². The smallest absolute Gasteiger partial charge is 0.263 e. The molecule has 0 saturated carbocycles. The standard InChI is InChI=1S/C14H14BrNO4S2/c1-10-6-7-14(13(15)8-10)22(19,20)16-11-4-3-5-12(9-11)21(2,17)18/h3-9,16H,1-2H3. The summed E-state index contributed by atoms with van der Waals surface area (Å²) in [6, 6.07) is 10.5. The Morgan fingerprint density at radius 2 is 1.68 bits per heavy atom. The molecule has 0 aliphatic heterocycles. The van der Waals surface area contributed by atoms with E-state index in [0.29, 0.717) is 4.47 Å². The largest absolute Gasteiger partial charge is 0.280 e. The van der Waals surface area contributed by atoms with Gasteiger partial charge in [-0.2, -0.15) is 0 Å². The maximum Gasteiger partial charge on any atom is 0.263 e. The van der Waals surface area contributed by atoms with Crippen molar-refractivity contribution >= 4 is 41.5 Å². The van der Waals surface area contributed by atoms with Crippen LogP contribution in [-0.2, 0) is 19.9 Å². The molecule has 0 bridgehead atoms. The fraction of sp³-hybridized carbons (Fsp3) is 0.143. The van der Waals surface area contributed by atoms with Gasteiger partial charge < -0.3 is 0 Å². The van der Waals surface area contributed by atoms with Crippen LogP contribution in [0.25, 0.3) is 0 Å². The first kappa shape index (κ1) is 17.0. The Labute approximate surface area is 138 Å². The number of hydrogen-bond acceptors (Lipinski definition) is 4. The lowest BCUT2D eigenvalue weighted by Gasteiger charge is -2.11. The van der Waals surface area contributed by atoms with Crippen LogP contribution < -0.4 is 4.72 Å². The summed E-state index contributed by atoms with van der Waals surface area (Å²) in [7, 11) is -7.22. The highest BCUT2D eigenvalue weighted by Crippen LogP contribution is 2.26. The van der Waals surface area contributed by atoms with Gasteiger partial charge in [0.05, 0.1) is 10.6 Å². The zero-order chi connectivity index (χ0) is 16.5. The monoisotopic (exact) mass is 403 g/mol. The minimum atomic E-state index is -3.81. The van der Waals surface area contributed by atoms with Gasteiger partial charge in [-0.15, -0.1) is 0 Å². The lowest BCUT2D eigenvalue weighted by atomic mass is 10.2. The first-order chi connectivity index (χ1) is 10.1. The van der Waals surface area contributed by atoms with Crippen molar-refractivity contribution in [2.75, 3.05) is 11.0 Å². The van der Waals surface area contributed by atoms with E-state index in [-0.39, 0.29) is 15.5 Å². The SMILES string of the molecule is Cc1ccc(S(=O)(=O)Nc2cccc(S(C)(=O)=O)c2)c(Br)c1. The molecule has 5 nitrogen and oxygen atoms in total. The van der Waals surface area contributed by atoms with Crippen LogP contribution in [0.4, 0.5) is 5.69 Å². The molecule has 0 saturated heterocycles. The number of aryl methyl sites for hydroxylation is 1. The molecule has 0 heterocycles. The van der Waals surface area contributed by atoms with Crippen LogP contribution in [0.5, 0.6) is 0 Å². The molecule has 1 N–H and O–H groups in total. The summed E-state index contributed by atoms with van der Waals surface area (Å²) >= 11 is 3.23. The lowest BCUT2D eigenvalue weighted by molar-refractivity contribution is 0.598. The van der Waals surface area contributed by atoms with E-state index in [4.69, 9.17) is 0 Å². The zero-order valence-corrected chi connectivity index (χ0v) is 15.1. The Hall–Kier alpha value is -1.38. The average molecular weight is 404 g/mol. The van der Waals surface area contributed by atoms with E-state index in [2.05, 4.69) is 20.7 Å². The normalized spacial score (nSPS) is 12.1. The van der Waals surface area contributed by atoms with Gasteiger partial charge in [0.1, 0.15) is 4.90 Å². The molecule has 0 aliphatic carbocycles. The third-order valence-corrected chi connectivity index (χ3v) is 6.36. The second kappa shape index (κ2) is 6.02. The van der Waals surface area contributed by atoms with Crippen LogP contribution in [-0.4, -0.2) is 23.1 Å². The van der Waals surface area contributed by atoms with Gasteiger partial charge in [-0.25, -0.2) is 16.8 Å². The fourth-order valence-corrected chi connectivity index (χ4v) is 4.73. The van der Waals surface area contributed by atoms with E-state index in [9.17, 15) is 16.8 Å². The summed E-state index contributed by atoms with van der Waals surface area (Å²) in [5.74, 6) is 0. The first-order valence-corrected chi connectivity index (χ1v) is 10.4. The van der Waals surface area contributed by atoms with Crippen molar-refractivity contribution in [1.29, 1.82) is 0 Å². The Morgan fingerprint density at radius 3 is 2.27 bits per heavy atom. The van der Waals surface area contributed by atoms with E-state index in [0.717, 1.165) is 11.8 Å². The summed E-state index contributed by atoms with van der Waals surface area (Å²) in [4.78, 5) is 0.138. The van der Waals surface area contributed by atoms with Gasteiger partial charge in [-0.05, 0) is 58.7 Å². The molecular formula is C14H14BrNO4S2. The summed E-state index contributed by atoms with van der Waals surface area (Å²) in [6.45, 7) is 1.85. The van der Waals surface area contributed by atoms with Gasteiger partial charge in [0.15, 0.2) is 9.84 Å². The number of halogens is 1. The van der Waals surface area contributed by atoms with Crippen LogP contribution in [0.2, 0.25) is 0 Å². The van der Waals surface area contributed by atoms with Crippen LogP contribution in [0, 0.1) is 6.92 Å². The van der Waals surface area contributed by atoms with Crippen LogP contribution in [0.1, 0.15) is 5.56 Å². The Kier molecular flexibility index (Phi) is 4.65. The molecule has 0 amide bonds. The van der Waals surface area contributed by atoms with Crippen molar-refractivity contribution in [3.8, 4) is 0 Å². The molecule has 0 spiro atoms. The number of sulfonamides is 1. The minimum Gasteiger partial charge on any atom is -0.280 e. The average Bonchev–Trinajstić information content (AvgIpc) is 2.36. The van der Waals surface area contributed by atoms with Gasteiger partial charge in [0.25, 0.3) is 10.0 Å². The predicted molar refractivity (Wildman–Crippen MR) is 89.2 cm³/mol. The van der Waals surface area contributed by atoms with E-state index >= 15 is 0 Å². The Balaban J connectivity index is 2.41. The molecule has 0 atom stereocenters. The number of nitrogens with one attached hydrogen (secondary N) is 1. The maximum atomic E-state index is 12.4. The van der Waals surface area contributed by atoms with Gasteiger partial charge >= 0.3 is 0 Å². The molecule has 0 aromatic heterocycles. The van der Waals surface area contributed by atoms with Crippen LogP contribution >= 0.6 is 15.9 Å². The summed E-state index contributed by atoms with van der Waals surface area (Å²) in [5.41, 5.74) is 1.11. The third kappa shape index (κ3) is 3.88. The number of rotatable bonds is 4. The topological polar surface area (TPSA) is 80.3 Å². The van der Waals surface area contributed by atoms with Gasteiger partial charge in [-0.3, -0.25) is 4.72 Å².